The number of thiocarbonyl (C=S) groups is 1. The average Bonchev–Trinajstić information content (AvgIpc) is 2.80. The molecule has 0 saturated heterocycles. The van der Waals surface area contributed by atoms with Crippen LogP contribution in [0.5, 0.6) is 11.5 Å². The summed E-state index contributed by atoms with van der Waals surface area (Å²) in [4.78, 5) is 0. The largest absolute Gasteiger partial charge is 0.489 e. The SMILES string of the molecule is S=C(NCc1cc(Cl)c2c(c1)OCCCO2)NC1CCCCC1. The van der Waals surface area contributed by atoms with Crippen LogP contribution in [0.3, 0.4) is 0 Å². The lowest BCUT2D eigenvalue weighted by atomic mass is 9.96. The number of nitrogens with one attached hydrogen (secondary N) is 2. The van der Waals surface area contributed by atoms with Crippen molar-refractivity contribution in [1.29, 1.82) is 0 Å². The predicted octanol–water partition coefficient (Wildman–Crippen LogP) is 3.80. The molecule has 2 aliphatic rings. The maximum absolute atomic E-state index is 6.31. The molecule has 1 aliphatic carbocycles. The quantitative estimate of drug-likeness (QED) is 0.808. The normalized spacial score (nSPS) is 18.1. The number of rotatable bonds is 3. The zero-order valence-electron chi connectivity index (χ0n) is 13.2. The van der Waals surface area contributed by atoms with Crippen LogP contribution in [0, 0.1) is 0 Å². The van der Waals surface area contributed by atoms with Crippen LogP contribution in [0.25, 0.3) is 0 Å². The van der Waals surface area contributed by atoms with Crippen molar-refractivity contribution in [3.63, 3.8) is 0 Å². The van der Waals surface area contributed by atoms with E-state index >= 15 is 0 Å². The third kappa shape index (κ3) is 4.64. The maximum Gasteiger partial charge on any atom is 0.179 e. The van der Waals surface area contributed by atoms with Gasteiger partial charge in [-0.3, -0.25) is 0 Å². The first-order valence-corrected chi connectivity index (χ1v) is 9.13. The van der Waals surface area contributed by atoms with Crippen molar-refractivity contribution in [1.82, 2.24) is 10.6 Å². The number of benzene rings is 1. The molecule has 0 bridgehead atoms. The van der Waals surface area contributed by atoms with Crippen molar-refractivity contribution >= 4 is 28.9 Å². The van der Waals surface area contributed by atoms with Crippen molar-refractivity contribution < 1.29 is 9.47 Å². The molecule has 4 nitrogen and oxygen atoms in total. The second kappa shape index (κ2) is 8.06. The van der Waals surface area contributed by atoms with E-state index in [1.807, 2.05) is 12.1 Å². The molecule has 1 saturated carbocycles. The molecule has 1 aromatic rings. The number of fused-ring (bicyclic) bond motifs is 1. The Bertz CT molecular complexity index is 562. The number of ether oxygens (including phenoxy) is 2. The topological polar surface area (TPSA) is 42.5 Å². The van der Waals surface area contributed by atoms with Crippen LogP contribution < -0.4 is 20.1 Å². The van der Waals surface area contributed by atoms with Crippen LogP contribution in [0.4, 0.5) is 0 Å². The van der Waals surface area contributed by atoms with Gasteiger partial charge in [-0.15, -0.1) is 0 Å². The standard InChI is InChI=1S/C17H23ClN2O2S/c18-14-9-12(10-15-16(14)22-8-4-7-21-15)11-19-17(23)20-13-5-2-1-3-6-13/h9-10,13H,1-8,11H2,(H2,19,20,23). The molecule has 1 aliphatic heterocycles. The molecule has 0 spiro atoms. The molecule has 0 unspecified atom stereocenters. The zero-order chi connectivity index (χ0) is 16.1. The summed E-state index contributed by atoms with van der Waals surface area (Å²) < 4.78 is 11.4. The van der Waals surface area contributed by atoms with Crippen molar-refractivity contribution in [3.8, 4) is 11.5 Å². The minimum absolute atomic E-state index is 0.510. The highest BCUT2D eigenvalue weighted by molar-refractivity contribution is 7.80. The van der Waals surface area contributed by atoms with Crippen molar-refractivity contribution in [2.45, 2.75) is 51.1 Å². The van der Waals surface area contributed by atoms with E-state index < -0.39 is 0 Å². The molecule has 126 valence electrons. The lowest BCUT2D eigenvalue weighted by molar-refractivity contribution is 0.297. The first-order valence-electron chi connectivity index (χ1n) is 8.35. The van der Waals surface area contributed by atoms with Gasteiger partial charge < -0.3 is 20.1 Å². The van der Waals surface area contributed by atoms with Crippen LogP contribution >= 0.6 is 23.8 Å². The average molecular weight is 355 g/mol. The molecule has 0 radical (unpaired) electrons. The second-order valence-corrected chi connectivity index (χ2v) is 6.93. The van der Waals surface area contributed by atoms with Crippen LogP contribution in [-0.4, -0.2) is 24.4 Å². The van der Waals surface area contributed by atoms with Gasteiger partial charge in [0, 0.05) is 19.0 Å². The Morgan fingerprint density at radius 1 is 1.13 bits per heavy atom. The molecule has 0 amide bonds. The van der Waals surface area contributed by atoms with Crippen molar-refractivity contribution in [2.24, 2.45) is 0 Å². The Balaban J connectivity index is 1.56. The fourth-order valence-corrected chi connectivity index (χ4v) is 3.58. The molecule has 1 aromatic carbocycles. The Labute approximate surface area is 147 Å². The highest BCUT2D eigenvalue weighted by atomic mass is 35.5. The third-order valence-corrected chi connectivity index (χ3v) is 4.80. The van der Waals surface area contributed by atoms with Gasteiger partial charge in [0.15, 0.2) is 16.6 Å². The number of hydrogen-bond donors (Lipinski definition) is 2. The summed E-state index contributed by atoms with van der Waals surface area (Å²) in [7, 11) is 0. The van der Waals surface area contributed by atoms with Crippen LogP contribution in [0.1, 0.15) is 44.1 Å². The first kappa shape index (κ1) is 16.7. The molecule has 6 heteroatoms. The molecule has 1 fully saturated rings. The Kier molecular flexibility index (Phi) is 5.84. The smallest absolute Gasteiger partial charge is 0.179 e. The van der Waals surface area contributed by atoms with E-state index in [1.54, 1.807) is 0 Å². The van der Waals surface area contributed by atoms with Gasteiger partial charge in [0.2, 0.25) is 0 Å². The fraction of sp³-hybridized carbons (Fsp3) is 0.588. The van der Waals surface area contributed by atoms with E-state index in [2.05, 4.69) is 10.6 Å². The molecular weight excluding hydrogens is 332 g/mol. The van der Waals surface area contributed by atoms with Gasteiger partial charge in [0.1, 0.15) is 0 Å². The number of hydrogen-bond acceptors (Lipinski definition) is 3. The molecule has 23 heavy (non-hydrogen) atoms. The van der Waals surface area contributed by atoms with E-state index in [0.717, 1.165) is 17.7 Å². The van der Waals surface area contributed by atoms with Gasteiger partial charge in [-0.2, -0.15) is 0 Å². The lowest BCUT2D eigenvalue weighted by Crippen LogP contribution is -2.42. The van der Waals surface area contributed by atoms with Gasteiger partial charge in [-0.05, 0) is 42.8 Å². The zero-order valence-corrected chi connectivity index (χ0v) is 14.8. The Morgan fingerprint density at radius 3 is 2.74 bits per heavy atom. The lowest BCUT2D eigenvalue weighted by Gasteiger charge is -2.24. The number of halogens is 1. The molecular formula is C17H23ClN2O2S. The van der Waals surface area contributed by atoms with Gasteiger partial charge in [-0.25, -0.2) is 0 Å². The summed E-state index contributed by atoms with van der Waals surface area (Å²) in [5, 5.41) is 7.97. The second-order valence-electron chi connectivity index (χ2n) is 6.12. The Morgan fingerprint density at radius 2 is 1.91 bits per heavy atom. The minimum Gasteiger partial charge on any atom is -0.489 e. The minimum atomic E-state index is 0.510. The molecule has 2 N–H and O–H groups in total. The maximum atomic E-state index is 6.31. The summed E-state index contributed by atoms with van der Waals surface area (Å²) in [6.45, 7) is 1.91. The predicted molar refractivity (Wildman–Crippen MR) is 96.5 cm³/mol. The van der Waals surface area contributed by atoms with Crippen LogP contribution in [0.15, 0.2) is 12.1 Å². The summed E-state index contributed by atoms with van der Waals surface area (Å²) >= 11 is 11.7. The summed E-state index contributed by atoms with van der Waals surface area (Å²) in [6, 6.07) is 4.39. The van der Waals surface area contributed by atoms with Gasteiger partial charge >= 0.3 is 0 Å². The van der Waals surface area contributed by atoms with E-state index in [-0.39, 0.29) is 0 Å². The molecule has 1 heterocycles. The highest BCUT2D eigenvalue weighted by Gasteiger charge is 2.16. The third-order valence-electron chi connectivity index (χ3n) is 4.26. The van der Waals surface area contributed by atoms with E-state index in [9.17, 15) is 0 Å². The van der Waals surface area contributed by atoms with E-state index in [0.29, 0.717) is 41.7 Å². The fourth-order valence-electron chi connectivity index (χ4n) is 3.05. The van der Waals surface area contributed by atoms with Crippen LogP contribution in [-0.2, 0) is 6.54 Å². The molecule has 0 aromatic heterocycles. The van der Waals surface area contributed by atoms with Gasteiger partial charge in [0.05, 0.1) is 18.2 Å². The van der Waals surface area contributed by atoms with Crippen molar-refractivity contribution in [3.05, 3.63) is 22.7 Å². The summed E-state index contributed by atoms with van der Waals surface area (Å²) in [6.07, 6.45) is 7.20. The Hall–Kier alpha value is -1.20. The summed E-state index contributed by atoms with van der Waals surface area (Å²) in [5.41, 5.74) is 1.03. The van der Waals surface area contributed by atoms with Gasteiger partial charge in [-0.1, -0.05) is 30.9 Å². The van der Waals surface area contributed by atoms with Crippen molar-refractivity contribution in [2.75, 3.05) is 13.2 Å². The monoisotopic (exact) mass is 354 g/mol. The molecule has 0 atom stereocenters. The van der Waals surface area contributed by atoms with Gasteiger partial charge in [0.25, 0.3) is 0 Å². The highest BCUT2D eigenvalue weighted by Crippen LogP contribution is 2.37. The first-order chi connectivity index (χ1) is 11.2. The van der Waals surface area contributed by atoms with Crippen LogP contribution in [0.2, 0.25) is 5.02 Å². The summed E-state index contributed by atoms with van der Waals surface area (Å²) in [5.74, 6) is 1.37. The van der Waals surface area contributed by atoms with E-state index in [1.165, 1.54) is 32.1 Å². The van der Waals surface area contributed by atoms with E-state index in [4.69, 9.17) is 33.3 Å². The molecule has 3 rings (SSSR count).